The van der Waals surface area contributed by atoms with E-state index < -0.39 is 0 Å². The third-order valence-electron chi connectivity index (χ3n) is 0. The molecular formula is C3H9P. The number of rotatable bonds is 0. The SMILES string of the molecule is CC(C)P. The van der Waals surface area contributed by atoms with E-state index in [9.17, 15) is 0 Å². The molecular weight excluding hydrogens is 67.0 g/mol. The van der Waals surface area contributed by atoms with Gasteiger partial charge in [0.2, 0.25) is 0 Å². The van der Waals surface area contributed by atoms with E-state index in [1.165, 1.54) is 0 Å². The predicted octanol–water partition coefficient (Wildman–Crippen LogP) is 1.27. The van der Waals surface area contributed by atoms with Gasteiger partial charge in [-0.15, -0.1) is 9.24 Å². The Morgan fingerprint density at radius 3 is 1.50 bits per heavy atom. The van der Waals surface area contributed by atoms with E-state index in [1.807, 2.05) is 0 Å². The van der Waals surface area contributed by atoms with Crippen LogP contribution in [0.3, 0.4) is 0 Å². The summed E-state index contributed by atoms with van der Waals surface area (Å²) in [6.07, 6.45) is 0. The molecule has 0 aliphatic carbocycles. The van der Waals surface area contributed by atoms with Crippen molar-refractivity contribution in [3.8, 4) is 0 Å². The molecule has 0 saturated heterocycles. The first-order chi connectivity index (χ1) is 1.73. The quantitative estimate of drug-likeness (QED) is 0.381. The Kier molecular flexibility index (Phi) is 1.91. The van der Waals surface area contributed by atoms with Crippen LogP contribution in [0.2, 0.25) is 0 Å². The average Bonchev–Trinajstić information content (AvgIpc) is 0.811. The van der Waals surface area contributed by atoms with Crippen LogP contribution in [0.4, 0.5) is 0 Å². The molecule has 0 rings (SSSR count). The van der Waals surface area contributed by atoms with Gasteiger partial charge in [0.15, 0.2) is 0 Å². The minimum absolute atomic E-state index is 0.750. The second-order valence-corrected chi connectivity index (χ2v) is 2.58. The molecule has 0 aromatic rings. The Labute approximate surface area is 29.8 Å². The maximum atomic E-state index is 2.66. The van der Waals surface area contributed by atoms with Crippen molar-refractivity contribution in [2.45, 2.75) is 19.5 Å². The molecule has 0 spiro atoms. The highest BCUT2D eigenvalue weighted by Gasteiger charge is 1.68. The van der Waals surface area contributed by atoms with Crippen LogP contribution in [0, 0.1) is 0 Å². The summed E-state index contributed by atoms with van der Waals surface area (Å²) in [4.78, 5) is 0. The molecule has 4 heavy (non-hydrogen) atoms. The largest absolute Gasteiger partial charge is 0.135 e. The lowest BCUT2D eigenvalue weighted by molar-refractivity contribution is 1.12. The second kappa shape index (κ2) is 1.72. The molecule has 1 atom stereocenters. The van der Waals surface area contributed by atoms with Crippen molar-refractivity contribution in [3.63, 3.8) is 0 Å². The summed E-state index contributed by atoms with van der Waals surface area (Å²) in [5.41, 5.74) is 0.750. The zero-order valence-corrected chi connectivity index (χ0v) is 4.31. The van der Waals surface area contributed by atoms with Gasteiger partial charge in [-0.05, 0) is 5.66 Å². The first-order valence-corrected chi connectivity index (χ1v) is 2.15. The van der Waals surface area contributed by atoms with Crippen molar-refractivity contribution in [1.82, 2.24) is 0 Å². The molecule has 0 radical (unpaired) electrons. The average molecular weight is 76.1 g/mol. The minimum atomic E-state index is 0.750. The standard InChI is InChI=1S/C3H9P/c1-3(2)4/h3H,4H2,1-2H3. The van der Waals surface area contributed by atoms with Crippen LogP contribution in [0.1, 0.15) is 13.8 Å². The highest BCUT2D eigenvalue weighted by atomic mass is 31.0. The summed E-state index contributed by atoms with van der Waals surface area (Å²) in [7, 11) is 2.66. The Morgan fingerprint density at radius 1 is 1.50 bits per heavy atom. The third kappa shape index (κ3) is 26.9. The van der Waals surface area contributed by atoms with E-state index in [4.69, 9.17) is 0 Å². The molecule has 0 amide bonds. The van der Waals surface area contributed by atoms with Crippen LogP contribution < -0.4 is 0 Å². The Balaban J connectivity index is 2.32. The van der Waals surface area contributed by atoms with E-state index in [1.54, 1.807) is 0 Å². The molecule has 0 aromatic heterocycles. The molecule has 0 N–H and O–H groups in total. The van der Waals surface area contributed by atoms with Gasteiger partial charge in [-0.2, -0.15) is 0 Å². The molecule has 1 heteroatoms. The summed E-state index contributed by atoms with van der Waals surface area (Å²) in [6.45, 7) is 4.26. The molecule has 26 valence electrons. The maximum absolute atomic E-state index is 2.66. The van der Waals surface area contributed by atoms with Crippen molar-refractivity contribution in [2.75, 3.05) is 0 Å². The summed E-state index contributed by atoms with van der Waals surface area (Å²) in [5, 5.41) is 0. The van der Waals surface area contributed by atoms with Crippen molar-refractivity contribution >= 4 is 9.24 Å². The monoisotopic (exact) mass is 76.0 g/mol. The van der Waals surface area contributed by atoms with E-state index in [0.29, 0.717) is 0 Å². The van der Waals surface area contributed by atoms with Gasteiger partial charge in [0.05, 0.1) is 0 Å². The lowest BCUT2D eigenvalue weighted by Crippen LogP contribution is -1.69. The lowest BCUT2D eigenvalue weighted by atomic mass is 10.6. The third-order valence-corrected chi connectivity index (χ3v) is 0. The molecule has 1 unspecified atom stereocenters. The zero-order valence-electron chi connectivity index (χ0n) is 3.15. The van der Waals surface area contributed by atoms with Gasteiger partial charge in [-0.1, -0.05) is 13.8 Å². The van der Waals surface area contributed by atoms with Gasteiger partial charge in [-0.25, -0.2) is 0 Å². The Hall–Kier alpha value is 0.430. The van der Waals surface area contributed by atoms with E-state index in [-0.39, 0.29) is 0 Å². The van der Waals surface area contributed by atoms with Crippen LogP contribution in [-0.2, 0) is 0 Å². The Bertz CT molecular complexity index is 8.00. The van der Waals surface area contributed by atoms with Gasteiger partial charge in [0, 0.05) is 0 Å². The smallest absolute Gasteiger partial charge is 0.0321 e. The molecule has 0 heterocycles. The zero-order chi connectivity index (χ0) is 3.58. The summed E-state index contributed by atoms with van der Waals surface area (Å²) in [6, 6.07) is 0. The highest BCUT2D eigenvalue weighted by molar-refractivity contribution is 7.17. The second-order valence-electron chi connectivity index (χ2n) is 1.24. The maximum Gasteiger partial charge on any atom is -0.0321 e. The van der Waals surface area contributed by atoms with Gasteiger partial charge < -0.3 is 0 Å². The van der Waals surface area contributed by atoms with Crippen LogP contribution in [-0.4, -0.2) is 5.66 Å². The molecule has 0 aromatic carbocycles. The molecule has 0 saturated carbocycles. The fourth-order valence-electron chi connectivity index (χ4n) is 0. The van der Waals surface area contributed by atoms with Gasteiger partial charge in [-0.3, -0.25) is 0 Å². The molecule has 0 nitrogen and oxygen atoms in total. The normalized spacial score (nSPS) is 9.00. The fraction of sp³-hybridized carbons (Fsp3) is 1.00. The minimum Gasteiger partial charge on any atom is -0.135 e. The summed E-state index contributed by atoms with van der Waals surface area (Å²) in [5.74, 6) is 0. The van der Waals surface area contributed by atoms with Crippen molar-refractivity contribution in [3.05, 3.63) is 0 Å². The summed E-state index contributed by atoms with van der Waals surface area (Å²) < 4.78 is 0. The molecule has 0 aliphatic rings. The van der Waals surface area contributed by atoms with Crippen LogP contribution in [0.5, 0.6) is 0 Å². The Morgan fingerprint density at radius 2 is 1.50 bits per heavy atom. The lowest BCUT2D eigenvalue weighted by Gasteiger charge is -1.79. The number of hydrogen-bond donors (Lipinski definition) is 0. The van der Waals surface area contributed by atoms with Crippen molar-refractivity contribution in [2.24, 2.45) is 0 Å². The first kappa shape index (κ1) is 4.43. The topological polar surface area (TPSA) is 0 Å². The predicted molar refractivity (Wildman–Crippen MR) is 24.8 cm³/mol. The molecule has 0 fully saturated rings. The first-order valence-electron chi connectivity index (χ1n) is 1.49. The molecule has 0 bridgehead atoms. The number of hydrogen-bond acceptors (Lipinski definition) is 0. The van der Waals surface area contributed by atoms with E-state index >= 15 is 0 Å². The van der Waals surface area contributed by atoms with Crippen molar-refractivity contribution in [1.29, 1.82) is 0 Å². The van der Waals surface area contributed by atoms with Gasteiger partial charge in [0.25, 0.3) is 0 Å². The van der Waals surface area contributed by atoms with Crippen LogP contribution >= 0.6 is 9.24 Å². The highest BCUT2D eigenvalue weighted by Crippen LogP contribution is 1.90. The van der Waals surface area contributed by atoms with E-state index in [2.05, 4.69) is 23.1 Å². The van der Waals surface area contributed by atoms with E-state index in [0.717, 1.165) is 5.66 Å². The van der Waals surface area contributed by atoms with Crippen LogP contribution in [0.25, 0.3) is 0 Å². The summed E-state index contributed by atoms with van der Waals surface area (Å²) >= 11 is 0. The fourth-order valence-corrected chi connectivity index (χ4v) is 0. The van der Waals surface area contributed by atoms with Crippen LogP contribution in [0.15, 0.2) is 0 Å². The van der Waals surface area contributed by atoms with Gasteiger partial charge in [0.1, 0.15) is 0 Å². The van der Waals surface area contributed by atoms with Crippen molar-refractivity contribution < 1.29 is 0 Å². The molecule has 0 aliphatic heterocycles. The van der Waals surface area contributed by atoms with Gasteiger partial charge >= 0.3 is 0 Å².